The number of amides is 1. The van der Waals surface area contributed by atoms with E-state index < -0.39 is 30.6 Å². The first-order valence-corrected chi connectivity index (χ1v) is 9.92. The lowest BCUT2D eigenvalue weighted by Crippen LogP contribution is -2.24. The van der Waals surface area contributed by atoms with E-state index in [1.807, 2.05) is 26.1 Å². The number of carbonyl (C=O) groups is 1. The van der Waals surface area contributed by atoms with Gasteiger partial charge in [-0.25, -0.2) is 8.78 Å². The molecular weight excluding hydrogens is 398 g/mol. The summed E-state index contributed by atoms with van der Waals surface area (Å²) in [5.41, 5.74) is 1.34. The largest absolute Gasteiger partial charge is 0.328 e. The van der Waals surface area contributed by atoms with Crippen molar-refractivity contribution in [2.24, 2.45) is 0 Å². The highest BCUT2D eigenvalue weighted by molar-refractivity contribution is 5.97. The summed E-state index contributed by atoms with van der Waals surface area (Å²) < 4.78 is 48.7. The Labute approximate surface area is 180 Å². The fourth-order valence-corrected chi connectivity index (χ4v) is 3.75. The summed E-state index contributed by atoms with van der Waals surface area (Å²) in [6, 6.07) is 10.9. The highest BCUT2D eigenvalue weighted by Crippen LogP contribution is 2.32. The number of hydrogen-bond donors (Lipinski definition) is 0. The van der Waals surface area contributed by atoms with Crippen molar-refractivity contribution in [2.45, 2.75) is 32.9 Å². The van der Waals surface area contributed by atoms with Gasteiger partial charge in [-0.3, -0.25) is 14.5 Å². The van der Waals surface area contributed by atoms with Gasteiger partial charge in [-0.1, -0.05) is 12.1 Å². The molecule has 5 nitrogen and oxygen atoms in total. The minimum absolute atomic E-state index is 0.0544. The van der Waals surface area contributed by atoms with E-state index in [4.69, 9.17) is 2.74 Å². The molecule has 3 heterocycles. The van der Waals surface area contributed by atoms with Crippen LogP contribution in [0.4, 0.5) is 8.78 Å². The molecule has 0 saturated heterocycles. The van der Waals surface area contributed by atoms with Crippen molar-refractivity contribution in [3.63, 3.8) is 0 Å². The Morgan fingerprint density at radius 3 is 2.58 bits per heavy atom. The molecule has 0 N–H and O–H groups in total. The molecule has 2 aromatic carbocycles. The summed E-state index contributed by atoms with van der Waals surface area (Å²) >= 11 is 0. The highest BCUT2D eigenvalue weighted by atomic mass is 19.1. The number of nitrogens with zero attached hydrogens (tertiary/aromatic N) is 4. The van der Waals surface area contributed by atoms with Crippen LogP contribution in [-0.4, -0.2) is 25.6 Å². The molecule has 0 aliphatic carbocycles. The number of pyridine rings is 1. The topological polar surface area (TPSA) is 51.0 Å². The van der Waals surface area contributed by atoms with Gasteiger partial charge >= 0.3 is 0 Å². The van der Waals surface area contributed by atoms with Gasteiger partial charge in [0.2, 0.25) is 0 Å². The van der Waals surface area contributed by atoms with E-state index in [1.165, 1.54) is 30.5 Å². The third-order valence-electron chi connectivity index (χ3n) is 5.39. The first kappa shape index (κ1) is 17.1. The molecule has 0 spiro atoms. The zero-order chi connectivity index (χ0) is 23.5. The fourth-order valence-electron chi connectivity index (χ4n) is 3.75. The zero-order valence-electron chi connectivity index (χ0n) is 18.9. The van der Waals surface area contributed by atoms with Crippen molar-refractivity contribution in [3.8, 4) is 11.1 Å². The van der Waals surface area contributed by atoms with Crippen LogP contribution in [-0.2, 0) is 13.0 Å². The van der Waals surface area contributed by atoms with E-state index in [1.54, 1.807) is 16.8 Å². The predicted molar refractivity (Wildman–Crippen MR) is 113 cm³/mol. The van der Waals surface area contributed by atoms with Crippen molar-refractivity contribution in [1.29, 1.82) is 0 Å². The Balaban J connectivity index is 1.54. The normalized spacial score (nSPS) is 16.0. The maximum Gasteiger partial charge on any atom is 0.256 e. The van der Waals surface area contributed by atoms with Crippen molar-refractivity contribution in [1.82, 2.24) is 19.7 Å². The molecule has 31 heavy (non-hydrogen) atoms. The van der Waals surface area contributed by atoms with Crippen molar-refractivity contribution in [3.05, 3.63) is 83.3 Å². The third-order valence-corrected chi connectivity index (χ3v) is 5.39. The molecule has 156 valence electrons. The van der Waals surface area contributed by atoms with Crippen LogP contribution < -0.4 is 0 Å². The SMILES string of the molecule is [2H]C1([2H])c2ncccc2C(=O)N1Cc1c(F)cc(-c2cccc3nn(C(C)C)cc23)cc1F. The van der Waals surface area contributed by atoms with Gasteiger partial charge in [0, 0.05) is 29.4 Å². The average molecular weight is 420 g/mol. The van der Waals surface area contributed by atoms with Gasteiger partial charge in [0.05, 0.1) is 32.6 Å². The standard InChI is InChI=1S/C24H20F2N4O/c1-14(2)30-12-18-16(5-3-7-22(18)28-30)15-9-20(25)19(21(26)10-15)11-29-13-23-17(24(29)31)6-4-8-27-23/h3-10,12,14H,11,13H2,1-2H3/i13D2. The molecule has 4 aromatic rings. The Kier molecular flexibility index (Phi) is 4.01. The lowest BCUT2D eigenvalue weighted by molar-refractivity contribution is 0.0763. The van der Waals surface area contributed by atoms with Crippen LogP contribution >= 0.6 is 0 Å². The predicted octanol–water partition coefficient (Wildman–Crippen LogP) is 5.11. The van der Waals surface area contributed by atoms with Crippen LogP contribution in [0.5, 0.6) is 0 Å². The minimum Gasteiger partial charge on any atom is -0.328 e. The molecule has 0 unspecified atom stereocenters. The first-order chi connectivity index (χ1) is 15.7. The molecule has 0 bridgehead atoms. The summed E-state index contributed by atoms with van der Waals surface area (Å²) in [5, 5.41) is 5.28. The van der Waals surface area contributed by atoms with Crippen molar-refractivity contribution in [2.75, 3.05) is 0 Å². The average Bonchev–Trinajstić information content (AvgIpc) is 3.29. The fraction of sp³-hybridized carbons (Fsp3) is 0.208. The number of halogens is 2. The van der Waals surface area contributed by atoms with Gasteiger partial charge in [0.15, 0.2) is 0 Å². The Morgan fingerprint density at radius 2 is 1.87 bits per heavy atom. The van der Waals surface area contributed by atoms with Crippen LogP contribution in [0, 0.1) is 11.6 Å². The maximum absolute atomic E-state index is 15.2. The Morgan fingerprint density at radius 1 is 1.13 bits per heavy atom. The molecular formula is C24H20F2N4O. The number of fused-ring (bicyclic) bond motifs is 2. The summed E-state index contributed by atoms with van der Waals surface area (Å²) in [4.78, 5) is 17.5. The van der Waals surface area contributed by atoms with Crippen LogP contribution in [0.2, 0.25) is 0 Å². The molecule has 1 amide bonds. The molecule has 0 radical (unpaired) electrons. The number of rotatable bonds is 4. The number of hydrogen-bond acceptors (Lipinski definition) is 3. The molecule has 1 aliphatic rings. The van der Waals surface area contributed by atoms with E-state index in [0.717, 1.165) is 10.3 Å². The van der Waals surface area contributed by atoms with Crippen LogP contribution in [0.25, 0.3) is 22.0 Å². The van der Waals surface area contributed by atoms with E-state index >= 15 is 8.78 Å². The summed E-state index contributed by atoms with van der Waals surface area (Å²) in [6.45, 7) is 1.15. The van der Waals surface area contributed by atoms with Crippen LogP contribution in [0.1, 0.15) is 44.2 Å². The smallest absolute Gasteiger partial charge is 0.256 e. The minimum atomic E-state index is -2.28. The quantitative estimate of drug-likeness (QED) is 0.461. The lowest BCUT2D eigenvalue weighted by atomic mass is 9.99. The van der Waals surface area contributed by atoms with E-state index in [2.05, 4.69) is 10.1 Å². The second-order valence-corrected chi connectivity index (χ2v) is 7.76. The van der Waals surface area contributed by atoms with E-state index in [0.29, 0.717) is 16.6 Å². The molecule has 1 aliphatic heterocycles. The van der Waals surface area contributed by atoms with Gasteiger partial charge in [-0.05, 0) is 55.3 Å². The van der Waals surface area contributed by atoms with Crippen LogP contribution in [0.15, 0.2) is 54.9 Å². The lowest BCUT2D eigenvalue weighted by Gasteiger charge is -2.17. The zero-order valence-corrected chi connectivity index (χ0v) is 16.9. The monoisotopic (exact) mass is 420 g/mol. The van der Waals surface area contributed by atoms with Gasteiger partial charge in [-0.2, -0.15) is 5.10 Å². The number of aromatic nitrogens is 3. The number of benzene rings is 2. The number of carbonyl (C=O) groups excluding carboxylic acids is 1. The molecule has 0 fully saturated rings. The molecule has 0 saturated carbocycles. The summed E-state index contributed by atoms with van der Waals surface area (Å²) in [7, 11) is 0. The Hall–Kier alpha value is -3.61. The second kappa shape index (κ2) is 7.27. The van der Waals surface area contributed by atoms with Crippen molar-refractivity contribution < 1.29 is 16.3 Å². The third kappa shape index (κ3) is 3.26. The first-order valence-electron chi connectivity index (χ1n) is 10.9. The second-order valence-electron chi connectivity index (χ2n) is 7.76. The van der Waals surface area contributed by atoms with Gasteiger partial charge in [-0.15, -0.1) is 0 Å². The molecule has 5 rings (SSSR count). The maximum atomic E-state index is 15.2. The Bertz CT molecular complexity index is 1390. The molecule has 7 heteroatoms. The van der Waals surface area contributed by atoms with Crippen LogP contribution in [0.3, 0.4) is 0 Å². The van der Waals surface area contributed by atoms with Gasteiger partial charge < -0.3 is 4.90 Å². The highest BCUT2D eigenvalue weighted by Gasteiger charge is 2.29. The van der Waals surface area contributed by atoms with E-state index in [9.17, 15) is 4.79 Å². The van der Waals surface area contributed by atoms with E-state index in [-0.39, 0.29) is 22.9 Å². The molecule has 2 aromatic heterocycles. The molecule has 0 atom stereocenters. The van der Waals surface area contributed by atoms with Crippen molar-refractivity contribution >= 4 is 16.8 Å². The van der Waals surface area contributed by atoms with Gasteiger partial charge in [0.25, 0.3) is 5.91 Å². The summed E-state index contributed by atoms with van der Waals surface area (Å²) in [5.74, 6) is -2.37. The van der Waals surface area contributed by atoms with Gasteiger partial charge in [0.1, 0.15) is 11.6 Å². The summed E-state index contributed by atoms with van der Waals surface area (Å²) in [6.07, 6.45) is 3.23.